The molecule has 0 amide bonds. The summed E-state index contributed by atoms with van der Waals surface area (Å²) < 4.78 is 0. The lowest BCUT2D eigenvalue weighted by atomic mass is 9.84. The zero-order valence-electron chi connectivity index (χ0n) is 7.31. The molecule has 4 aliphatic carbocycles. The summed E-state index contributed by atoms with van der Waals surface area (Å²) in [5, 5.41) is 0. The minimum absolute atomic E-state index is 0.532. The number of carbonyl (C=O) groups excluding carboxylic acids is 1. The lowest BCUT2D eigenvalue weighted by Gasteiger charge is -2.20. The molecule has 2 atom stereocenters. The van der Waals surface area contributed by atoms with Crippen molar-refractivity contribution in [1.82, 2.24) is 0 Å². The van der Waals surface area contributed by atoms with E-state index in [-0.39, 0.29) is 0 Å². The molecule has 0 saturated heterocycles. The number of hydrogen-bond donors (Lipinski definition) is 0. The van der Waals surface area contributed by atoms with Gasteiger partial charge in [-0.1, -0.05) is 0 Å². The molecule has 4 rings (SSSR count). The summed E-state index contributed by atoms with van der Waals surface area (Å²) in [5.41, 5.74) is 1.31. The molecule has 12 heavy (non-hydrogen) atoms. The predicted octanol–water partition coefficient (Wildman–Crippen LogP) is 2.16. The maximum absolute atomic E-state index is 11.6. The number of rotatable bonds is 0. The number of hydrogen-bond acceptors (Lipinski definition) is 1. The highest BCUT2D eigenvalue weighted by atomic mass is 16.1. The molecule has 0 aromatic heterocycles. The van der Waals surface area contributed by atoms with Crippen LogP contribution in [0.1, 0.15) is 38.5 Å². The standard InChI is InChI=1S/C11H14O/c12-8-5-9-10(1-2-10)6-7(8)11(9)3-4-11/h7,9H,1-6H2. The lowest BCUT2D eigenvalue weighted by Crippen LogP contribution is -2.17. The average molecular weight is 162 g/mol. The van der Waals surface area contributed by atoms with Gasteiger partial charge < -0.3 is 0 Å². The van der Waals surface area contributed by atoms with Crippen LogP contribution < -0.4 is 0 Å². The van der Waals surface area contributed by atoms with E-state index in [9.17, 15) is 4.79 Å². The van der Waals surface area contributed by atoms with E-state index in [2.05, 4.69) is 0 Å². The summed E-state index contributed by atoms with van der Waals surface area (Å²) >= 11 is 0. The van der Waals surface area contributed by atoms with E-state index in [1.165, 1.54) is 32.1 Å². The number of fused-ring (bicyclic) bond motifs is 1. The molecule has 64 valence electrons. The van der Waals surface area contributed by atoms with Crippen LogP contribution in [-0.4, -0.2) is 5.78 Å². The maximum atomic E-state index is 11.6. The first-order valence-corrected chi connectivity index (χ1v) is 5.30. The van der Waals surface area contributed by atoms with Crippen LogP contribution in [0.3, 0.4) is 0 Å². The molecule has 4 fully saturated rings. The normalized spacial score (nSPS) is 49.2. The summed E-state index contributed by atoms with van der Waals surface area (Å²) in [5.74, 6) is 2.00. The Balaban J connectivity index is 1.87. The molecule has 2 bridgehead atoms. The average Bonchev–Trinajstić information content (AvgIpc) is 2.91. The fraction of sp³-hybridized carbons (Fsp3) is 0.909. The molecular weight excluding hydrogens is 148 g/mol. The zero-order chi connectivity index (χ0) is 7.97. The summed E-state index contributed by atoms with van der Waals surface area (Å²) in [4.78, 5) is 11.6. The Labute approximate surface area is 72.5 Å². The van der Waals surface area contributed by atoms with Gasteiger partial charge in [0, 0.05) is 12.3 Å². The Bertz CT molecular complexity index is 283. The van der Waals surface area contributed by atoms with Crippen LogP contribution in [0.2, 0.25) is 0 Å². The molecule has 1 heteroatoms. The van der Waals surface area contributed by atoms with Gasteiger partial charge in [-0.25, -0.2) is 0 Å². The molecule has 4 aliphatic rings. The molecule has 0 aromatic rings. The molecule has 0 N–H and O–H groups in total. The summed E-state index contributed by atoms with van der Waals surface area (Å²) in [6.45, 7) is 0. The topological polar surface area (TPSA) is 17.1 Å². The SMILES string of the molecule is O=C1CC2C3(CC3)CC1C21CC1. The predicted molar refractivity (Wildman–Crippen MR) is 44.6 cm³/mol. The Morgan fingerprint density at radius 1 is 1.17 bits per heavy atom. The van der Waals surface area contributed by atoms with Gasteiger partial charge >= 0.3 is 0 Å². The van der Waals surface area contributed by atoms with Crippen LogP contribution in [0, 0.1) is 22.7 Å². The van der Waals surface area contributed by atoms with Crippen LogP contribution in [0.25, 0.3) is 0 Å². The molecule has 0 heterocycles. The maximum Gasteiger partial charge on any atom is 0.136 e. The highest BCUT2D eigenvalue weighted by Crippen LogP contribution is 2.81. The van der Waals surface area contributed by atoms with Crippen molar-refractivity contribution in [2.75, 3.05) is 0 Å². The summed E-state index contributed by atoms with van der Waals surface area (Å²) in [7, 11) is 0. The first-order chi connectivity index (χ1) is 5.77. The smallest absolute Gasteiger partial charge is 0.136 e. The Morgan fingerprint density at radius 2 is 1.92 bits per heavy atom. The first kappa shape index (κ1) is 6.17. The zero-order valence-corrected chi connectivity index (χ0v) is 7.31. The molecular formula is C11H14O. The van der Waals surface area contributed by atoms with Crippen molar-refractivity contribution in [3.8, 4) is 0 Å². The molecule has 0 radical (unpaired) electrons. The van der Waals surface area contributed by atoms with Crippen molar-refractivity contribution in [2.24, 2.45) is 22.7 Å². The third-order valence-electron chi connectivity index (χ3n) is 5.25. The Hall–Kier alpha value is -0.330. The van der Waals surface area contributed by atoms with Gasteiger partial charge in [0.2, 0.25) is 0 Å². The Morgan fingerprint density at radius 3 is 2.42 bits per heavy atom. The Kier molecular flexibility index (Phi) is 0.722. The van der Waals surface area contributed by atoms with Crippen LogP contribution in [0.15, 0.2) is 0 Å². The fourth-order valence-electron chi connectivity index (χ4n) is 4.36. The van der Waals surface area contributed by atoms with E-state index in [1.807, 2.05) is 0 Å². The minimum Gasteiger partial charge on any atom is -0.299 e. The van der Waals surface area contributed by atoms with Gasteiger partial charge in [0.25, 0.3) is 0 Å². The van der Waals surface area contributed by atoms with Crippen molar-refractivity contribution >= 4 is 5.78 Å². The lowest BCUT2D eigenvalue weighted by molar-refractivity contribution is -0.123. The van der Waals surface area contributed by atoms with E-state index >= 15 is 0 Å². The van der Waals surface area contributed by atoms with Gasteiger partial charge in [0.05, 0.1) is 0 Å². The molecule has 1 nitrogen and oxygen atoms in total. The number of ketones is 1. The van der Waals surface area contributed by atoms with E-state index in [0.717, 1.165) is 17.8 Å². The molecule has 2 spiro atoms. The summed E-state index contributed by atoms with van der Waals surface area (Å²) in [6.07, 6.45) is 7.92. The van der Waals surface area contributed by atoms with Gasteiger partial charge in [-0.15, -0.1) is 0 Å². The third kappa shape index (κ3) is 0.439. The molecule has 0 aromatic carbocycles. The van der Waals surface area contributed by atoms with Crippen LogP contribution in [0.4, 0.5) is 0 Å². The molecule has 2 unspecified atom stereocenters. The largest absolute Gasteiger partial charge is 0.299 e. The van der Waals surface area contributed by atoms with Crippen molar-refractivity contribution in [1.29, 1.82) is 0 Å². The van der Waals surface area contributed by atoms with E-state index in [0.29, 0.717) is 17.1 Å². The van der Waals surface area contributed by atoms with Gasteiger partial charge in [0.15, 0.2) is 0 Å². The van der Waals surface area contributed by atoms with Gasteiger partial charge in [-0.3, -0.25) is 4.79 Å². The van der Waals surface area contributed by atoms with Crippen LogP contribution >= 0.6 is 0 Å². The second-order valence-electron chi connectivity index (χ2n) is 5.58. The van der Waals surface area contributed by atoms with Crippen molar-refractivity contribution in [3.63, 3.8) is 0 Å². The highest BCUT2D eigenvalue weighted by Gasteiger charge is 2.75. The van der Waals surface area contributed by atoms with Crippen molar-refractivity contribution in [2.45, 2.75) is 38.5 Å². The van der Waals surface area contributed by atoms with Crippen LogP contribution in [-0.2, 0) is 4.79 Å². The number of carbonyl (C=O) groups is 1. The fourth-order valence-corrected chi connectivity index (χ4v) is 4.36. The second kappa shape index (κ2) is 1.40. The van der Waals surface area contributed by atoms with Crippen molar-refractivity contribution in [3.05, 3.63) is 0 Å². The van der Waals surface area contributed by atoms with E-state index in [1.54, 1.807) is 0 Å². The monoisotopic (exact) mass is 162 g/mol. The van der Waals surface area contributed by atoms with Crippen molar-refractivity contribution < 1.29 is 4.79 Å². The van der Waals surface area contributed by atoms with E-state index in [4.69, 9.17) is 0 Å². The third-order valence-corrected chi connectivity index (χ3v) is 5.25. The van der Waals surface area contributed by atoms with E-state index < -0.39 is 0 Å². The van der Waals surface area contributed by atoms with Gasteiger partial charge in [-0.05, 0) is 48.9 Å². The van der Waals surface area contributed by atoms with Crippen LogP contribution in [0.5, 0.6) is 0 Å². The molecule has 0 aliphatic heterocycles. The van der Waals surface area contributed by atoms with Gasteiger partial charge in [0.1, 0.15) is 5.78 Å². The second-order valence-corrected chi connectivity index (χ2v) is 5.58. The summed E-state index contributed by atoms with van der Waals surface area (Å²) in [6, 6.07) is 0. The quantitative estimate of drug-likeness (QED) is 0.533. The first-order valence-electron chi connectivity index (χ1n) is 5.30. The minimum atomic E-state index is 0.532. The highest BCUT2D eigenvalue weighted by molar-refractivity contribution is 5.87. The van der Waals surface area contributed by atoms with Gasteiger partial charge in [-0.2, -0.15) is 0 Å². The molecule has 4 saturated carbocycles. The number of Topliss-reactive ketones (excluding diaryl/α,β-unsaturated/α-hetero) is 1.